The summed E-state index contributed by atoms with van der Waals surface area (Å²) in [5.74, 6) is -1.00. The van der Waals surface area contributed by atoms with Crippen molar-refractivity contribution in [3.63, 3.8) is 0 Å². The van der Waals surface area contributed by atoms with Crippen molar-refractivity contribution in [3.8, 4) is 0 Å². The van der Waals surface area contributed by atoms with Crippen molar-refractivity contribution in [2.45, 2.75) is 25.6 Å². The molecule has 2 aromatic rings. The zero-order valence-electron chi connectivity index (χ0n) is 10.5. The van der Waals surface area contributed by atoms with E-state index in [0.717, 1.165) is 16.8 Å². The van der Waals surface area contributed by atoms with Crippen LogP contribution in [0.25, 0.3) is 0 Å². The number of fused-ring (bicyclic) bond motifs is 1. The Labute approximate surface area is 110 Å². The number of H-pyrrole nitrogens is 1. The molecule has 0 amide bonds. The van der Waals surface area contributed by atoms with Gasteiger partial charge in [0.2, 0.25) is 0 Å². The van der Waals surface area contributed by atoms with Crippen LogP contribution in [0.2, 0.25) is 0 Å². The Kier molecular flexibility index (Phi) is 2.64. The van der Waals surface area contributed by atoms with Crippen LogP contribution in [0.1, 0.15) is 34.2 Å². The number of nitrogens with one attached hydrogen (secondary N) is 1. The maximum absolute atomic E-state index is 11.2. The molecular weight excluding hydrogens is 244 g/mol. The van der Waals surface area contributed by atoms with Crippen LogP contribution < -0.4 is 0 Å². The molecule has 0 saturated heterocycles. The Morgan fingerprint density at radius 1 is 1.42 bits per heavy atom. The lowest BCUT2D eigenvalue weighted by atomic mass is 9.86. The number of carbonyl (C=O) groups is 1. The summed E-state index contributed by atoms with van der Waals surface area (Å²) >= 11 is 0. The van der Waals surface area contributed by atoms with Crippen LogP contribution in [-0.4, -0.2) is 21.3 Å². The highest BCUT2D eigenvalue weighted by Gasteiger charge is 2.36. The lowest BCUT2D eigenvalue weighted by Crippen LogP contribution is -2.33. The Balaban J connectivity index is 2.01. The first-order chi connectivity index (χ1) is 9.10. The van der Waals surface area contributed by atoms with Crippen LogP contribution in [0.3, 0.4) is 0 Å². The SMILES string of the molecule is CC1(c2ccccc2)Cc2c(C(=O)O)n[nH]c2CO1. The molecule has 0 fully saturated rings. The van der Waals surface area contributed by atoms with Gasteiger partial charge in [-0.25, -0.2) is 4.79 Å². The van der Waals surface area contributed by atoms with Crippen molar-refractivity contribution in [1.29, 1.82) is 0 Å². The number of aromatic amines is 1. The van der Waals surface area contributed by atoms with Gasteiger partial charge in [-0.1, -0.05) is 30.3 Å². The molecule has 0 spiro atoms. The average Bonchev–Trinajstić information content (AvgIpc) is 2.82. The maximum atomic E-state index is 11.2. The summed E-state index contributed by atoms with van der Waals surface area (Å²) in [6, 6.07) is 9.83. The van der Waals surface area contributed by atoms with Crippen LogP contribution in [0.5, 0.6) is 0 Å². The van der Waals surface area contributed by atoms with Gasteiger partial charge in [-0.3, -0.25) is 5.10 Å². The molecule has 0 saturated carbocycles. The zero-order chi connectivity index (χ0) is 13.5. The maximum Gasteiger partial charge on any atom is 0.356 e. The van der Waals surface area contributed by atoms with Gasteiger partial charge in [0.1, 0.15) is 0 Å². The topological polar surface area (TPSA) is 75.2 Å². The van der Waals surface area contributed by atoms with Crippen LogP contribution in [0, 0.1) is 0 Å². The minimum Gasteiger partial charge on any atom is -0.476 e. The summed E-state index contributed by atoms with van der Waals surface area (Å²) in [5, 5.41) is 15.7. The fourth-order valence-corrected chi connectivity index (χ4v) is 2.48. The van der Waals surface area contributed by atoms with Gasteiger partial charge in [0.15, 0.2) is 5.69 Å². The third-order valence-corrected chi connectivity index (χ3v) is 3.59. The van der Waals surface area contributed by atoms with Crippen LogP contribution in [0.4, 0.5) is 0 Å². The normalized spacial score (nSPS) is 21.9. The first-order valence-corrected chi connectivity index (χ1v) is 6.09. The second-order valence-electron chi connectivity index (χ2n) is 4.90. The number of aromatic carboxylic acids is 1. The molecule has 0 bridgehead atoms. The highest BCUT2D eigenvalue weighted by atomic mass is 16.5. The van der Waals surface area contributed by atoms with Gasteiger partial charge in [-0.15, -0.1) is 0 Å². The number of hydrogen-bond acceptors (Lipinski definition) is 3. The van der Waals surface area contributed by atoms with Gasteiger partial charge in [-0.05, 0) is 12.5 Å². The molecule has 3 rings (SSSR count). The third kappa shape index (κ3) is 1.92. The largest absolute Gasteiger partial charge is 0.476 e. The number of carboxylic acid groups (broad SMARTS) is 1. The zero-order valence-corrected chi connectivity index (χ0v) is 10.5. The van der Waals surface area contributed by atoms with Crippen LogP contribution in [0.15, 0.2) is 30.3 Å². The van der Waals surface area contributed by atoms with E-state index >= 15 is 0 Å². The summed E-state index contributed by atoms with van der Waals surface area (Å²) in [6.45, 7) is 2.32. The van der Waals surface area contributed by atoms with E-state index in [0.29, 0.717) is 13.0 Å². The van der Waals surface area contributed by atoms with E-state index in [4.69, 9.17) is 9.84 Å². The summed E-state index contributed by atoms with van der Waals surface area (Å²) in [5.41, 5.74) is 2.12. The molecule has 0 aliphatic carbocycles. The fraction of sp³-hybridized carbons (Fsp3) is 0.286. The quantitative estimate of drug-likeness (QED) is 0.865. The van der Waals surface area contributed by atoms with E-state index in [-0.39, 0.29) is 5.69 Å². The number of hydrogen-bond donors (Lipinski definition) is 2. The number of ether oxygens (including phenoxy) is 1. The van der Waals surface area contributed by atoms with Gasteiger partial charge < -0.3 is 9.84 Å². The van der Waals surface area contributed by atoms with E-state index in [9.17, 15) is 4.79 Å². The van der Waals surface area contributed by atoms with Crippen molar-refractivity contribution in [3.05, 3.63) is 52.8 Å². The third-order valence-electron chi connectivity index (χ3n) is 3.59. The smallest absolute Gasteiger partial charge is 0.356 e. The molecule has 1 unspecified atom stereocenters. The van der Waals surface area contributed by atoms with Gasteiger partial charge in [0, 0.05) is 12.0 Å². The highest BCUT2D eigenvalue weighted by Crippen LogP contribution is 2.36. The van der Waals surface area contributed by atoms with Gasteiger partial charge in [0.05, 0.1) is 17.9 Å². The standard InChI is InChI=1S/C14H14N2O3/c1-14(9-5-3-2-4-6-9)7-10-11(8-19-14)15-16-12(10)13(17)18/h2-6H,7-8H2,1H3,(H,15,16)(H,17,18). The van der Waals surface area contributed by atoms with E-state index in [1.165, 1.54) is 0 Å². The van der Waals surface area contributed by atoms with Crippen molar-refractivity contribution < 1.29 is 14.6 Å². The van der Waals surface area contributed by atoms with Crippen molar-refractivity contribution in [2.75, 3.05) is 0 Å². The van der Waals surface area contributed by atoms with Gasteiger partial charge in [0.25, 0.3) is 0 Å². The van der Waals surface area contributed by atoms with Gasteiger partial charge >= 0.3 is 5.97 Å². The van der Waals surface area contributed by atoms with E-state index in [1.54, 1.807) is 0 Å². The molecule has 5 heteroatoms. The lowest BCUT2D eigenvalue weighted by molar-refractivity contribution is -0.0606. The second kappa shape index (κ2) is 4.20. The van der Waals surface area contributed by atoms with E-state index in [1.807, 2.05) is 37.3 Å². The molecule has 1 aliphatic rings. The lowest BCUT2D eigenvalue weighted by Gasteiger charge is -2.34. The predicted octanol–water partition coefficient (Wildman–Crippen LogP) is 2.10. The Bertz CT molecular complexity index is 621. The average molecular weight is 258 g/mol. The van der Waals surface area contributed by atoms with Crippen molar-refractivity contribution in [2.24, 2.45) is 0 Å². The van der Waals surface area contributed by atoms with Crippen LogP contribution in [-0.2, 0) is 23.4 Å². The van der Waals surface area contributed by atoms with Crippen LogP contribution >= 0.6 is 0 Å². The predicted molar refractivity (Wildman–Crippen MR) is 67.8 cm³/mol. The van der Waals surface area contributed by atoms with Crippen molar-refractivity contribution >= 4 is 5.97 Å². The summed E-state index contributed by atoms with van der Waals surface area (Å²) in [4.78, 5) is 11.2. The number of nitrogens with zero attached hydrogens (tertiary/aromatic N) is 1. The number of benzene rings is 1. The minimum atomic E-state index is -1.00. The molecule has 1 atom stereocenters. The fourth-order valence-electron chi connectivity index (χ4n) is 2.48. The molecule has 19 heavy (non-hydrogen) atoms. The summed E-state index contributed by atoms with van der Waals surface area (Å²) < 4.78 is 5.91. The van der Waals surface area contributed by atoms with E-state index in [2.05, 4.69) is 10.2 Å². The molecule has 1 aliphatic heterocycles. The molecule has 98 valence electrons. The molecular formula is C14H14N2O3. The molecule has 2 N–H and O–H groups in total. The molecule has 1 aromatic carbocycles. The number of rotatable bonds is 2. The Morgan fingerprint density at radius 3 is 2.84 bits per heavy atom. The number of carboxylic acids is 1. The van der Waals surface area contributed by atoms with Gasteiger partial charge in [-0.2, -0.15) is 5.10 Å². The summed E-state index contributed by atoms with van der Waals surface area (Å²) in [6.07, 6.45) is 0.504. The molecule has 1 aromatic heterocycles. The molecule has 0 radical (unpaired) electrons. The Morgan fingerprint density at radius 2 is 2.16 bits per heavy atom. The second-order valence-corrected chi connectivity index (χ2v) is 4.90. The first-order valence-electron chi connectivity index (χ1n) is 6.09. The first kappa shape index (κ1) is 11.9. The monoisotopic (exact) mass is 258 g/mol. The molecule has 5 nitrogen and oxygen atoms in total. The highest BCUT2D eigenvalue weighted by molar-refractivity contribution is 5.87. The minimum absolute atomic E-state index is 0.0976. The Hall–Kier alpha value is -2.14. The molecule has 2 heterocycles. The van der Waals surface area contributed by atoms with E-state index < -0.39 is 11.6 Å². The van der Waals surface area contributed by atoms with Crippen molar-refractivity contribution in [1.82, 2.24) is 10.2 Å². The summed E-state index contributed by atoms with van der Waals surface area (Å²) in [7, 11) is 0. The number of aromatic nitrogens is 2.